The summed E-state index contributed by atoms with van der Waals surface area (Å²) in [6.07, 6.45) is 3.57. The van der Waals surface area contributed by atoms with Gasteiger partial charge in [-0.25, -0.2) is 9.97 Å². The van der Waals surface area contributed by atoms with Crippen LogP contribution < -0.4 is 4.90 Å². The highest BCUT2D eigenvalue weighted by atomic mass is 32.1. The first-order chi connectivity index (χ1) is 12.7. The van der Waals surface area contributed by atoms with Gasteiger partial charge in [-0.05, 0) is 31.4 Å². The van der Waals surface area contributed by atoms with E-state index in [1.54, 1.807) is 22.7 Å². The molecule has 2 aliphatic rings. The second kappa shape index (κ2) is 6.03. The second-order valence-corrected chi connectivity index (χ2v) is 8.85. The van der Waals surface area contributed by atoms with Crippen LogP contribution in [0.1, 0.15) is 25.0 Å². The fourth-order valence-electron chi connectivity index (χ4n) is 4.78. The largest absolute Gasteiger partial charge is 0.469 e. The van der Waals surface area contributed by atoms with Crippen molar-refractivity contribution in [2.45, 2.75) is 37.8 Å². The van der Waals surface area contributed by atoms with Crippen LogP contribution in [-0.2, 0) is 16.0 Å². The summed E-state index contributed by atoms with van der Waals surface area (Å²) in [6, 6.07) is 8.70. The first-order valence-electron chi connectivity index (χ1n) is 8.81. The van der Waals surface area contributed by atoms with Gasteiger partial charge in [-0.3, -0.25) is 4.79 Å². The molecule has 134 valence electrons. The van der Waals surface area contributed by atoms with Crippen molar-refractivity contribution >= 4 is 44.0 Å². The maximum Gasteiger partial charge on any atom is 0.314 e. The van der Waals surface area contributed by atoms with Crippen molar-refractivity contribution in [2.24, 2.45) is 5.41 Å². The lowest BCUT2D eigenvalue weighted by atomic mass is 9.71. The summed E-state index contributed by atoms with van der Waals surface area (Å²) in [7, 11) is 1.50. The average Bonchev–Trinajstić information content (AvgIpc) is 3.42. The normalized spacial score (nSPS) is 27.3. The molecule has 0 N–H and O–H groups in total. The summed E-state index contributed by atoms with van der Waals surface area (Å²) in [5, 5.41) is 3.07. The number of carbonyl (C=O) groups excluding carboxylic acids is 1. The van der Waals surface area contributed by atoms with Gasteiger partial charge in [0.2, 0.25) is 0 Å². The van der Waals surface area contributed by atoms with E-state index in [9.17, 15) is 4.79 Å². The number of hydrogen-bond acceptors (Lipinski definition) is 7. The molecule has 2 saturated heterocycles. The molecular formula is C19H19N3O2S2. The van der Waals surface area contributed by atoms with E-state index in [0.717, 1.165) is 35.6 Å². The number of aromatic nitrogens is 2. The highest BCUT2D eigenvalue weighted by Gasteiger charge is 2.61. The Bertz CT molecular complexity index is 922. The predicted octanol–water partition coefficient (Wildman–Crippen LogP) is 3.90. The third kappa shape index (κ3) is 2.30. The Labute approximate surface area is 159 Å². The second-order valence-electron chi connectivity index (χ2n) is 7.13. The van der Waals surface area contributed by atoms with Crippen LogP contribution in [0.15, 0.2) is 35.2 Å². The topological polar surface area (TPSA) is 55.3 Å². The number of ether oxygens (including phenoxy) is 1. The highest BCUT2D eigenvalue weighted by Crippen LogP contribution is 2.54. The minimum Gasteiger partial charge on any atom is -0.469 e. The van der Waals surface area contributed by atoms with Crippen molar-refractivity contribution in [3.8, 4) is 0 Å². The molecule has 0 saturated carbocycles. The molecule has 3 aromatic rings. The Kier molecular flexibility index (Phi) is 3.76. The van der Waals surface area contributed by atoms with Gasteiger partial charge < -0.3 is 9.64 Å². The zero-order valence-electron chi connectivity index (χ0n) is 14.4. The van der Waals surface area contributed by atoms with E-state index in [-0.39, 0.29) is 12.0 Å². The first kappa shape index (κ1) is 16.2. The molecule has 2 fully saturated rings. The smallest absolute Gasteiger partial charge is 0.314 e. The van der Waals surface area contributed by atoms with E-state index in [0.29, 0.717) is 12.5 Å². The van der Waals surface area contributed by atoms with Gasteiger partial charge in [0.05, 0.1) is 33.9 Å². The minimum atomic E-state index is -0.524. The summed E-state index contributed by atoms with van der Waals surface area (Å²) in [5.41, 5.74) is 3.32. The molecule has 5 nitrogen and oxygen atoms in total. The van der Waals surface area contributed by atoms with Gasteiger partial charge in [0, 0.05) is 23.9 Å². The third-order valence-electron chi connectivity index (χ3n) is 5.82. The van der Waals surface area contributed by atoms with Gasteiger partial charge >= 0.3 is 5.97 Å². The molecule has 26 heavy (non-hydrogen) atoms. The molecule has 0 radical (unpaired) electrons. The molecular weight excluding hydrogens is 366 g/mol. The fourth-order valence-corrected chi connectivity index (χ4v) is 6.42. The molecule has 0 unspecified atom stereocenters. The van der Waals surface area contributed by atoms with Crippen LogP contribution in [-0.4, -0.2) is 35.1 Å². The fraction of sp³-hybridized carbons (Fsp3) is 0.421. The van der Waals surface area contributed by atoms with E-state index in [2.05, 4.69) is 22.0 Å². The summed E-state index contributed by atoms with van der Waals surface area (Å²) in [5.74, 6) is -0.108. The van der Waals surface area contributed by atoms with Crippen molar-refractivity contribution < 1.29 is 9.53 Å². The number of nitrogens with zero attached hydrogens (tertiary/aromatic N) is 3. The maximum atomic E-state index is 12.9. The van der Waals surface area contributed by atoms with Crippen LogP contribution in [0.3, 0.4) is 0 Å². The zero-order valence-corrected chi connectivity index (χ0v) is 16.1. The lowest BCUT2D eigenvalue weighted by molar-refractivity contribution is -0.154. The number of fused-ring (bicyclic) bond motifs is 3. The number of thiazole rings is 2. The van der Waals surface area contributed by atoms with Crippen molar-refractivity contribution in [1.29, 1.82) is 0 Å². The molecule has 3 atom stereocenters. The lowest BCUT2D eigenvalue weighted by Gasteiger charge is -2.34. The number of benzene rings is 1. The van der Waals surface area contributed by atoms with Gasteiger partial charge in [0.1, 0.15) is 0 Å². The zero-order chi connectivity index (χ0) is 17.7. The van der Waals surface area contributed by atoms with E-state index >= 15 is 0 Å². The van der Waals surface area contributed by atoms with Crippen molar-refractivity contribution in [1.82, 2.24) is 9.97 Å². The molecule has 0 spiro atoms. The van der Waals surface area contributed by atoms with E-state index < -0.39 is 5.41 Å². The van der Waals surface area contributed by atoms with Gasteiger partial charge in [-0.15, -0.1) is 11.3 Å². The van der Waals surface area contributed by atoms with Crippen LogP contribution in [0.4, 0.5) is 5.13 Å². The van der Waals surface area contributed by atoms with Crippen molar-refractivity contribution in [3.05, 3.63) is 40.8 Å². The van der Waals surface area contributed by atoms with E-state index in [1.165, 1.54) is 11.8 Å². The molecule has 7 heteroatoms. The summed E-state index contributed by atoms with van der Waals surface area (Å²) in [6.45, 7) is 0. The SMILES string of the molecule is COC(=O)[C@@]1(Cc2cscn2)C[C@H]2CC[C@@H]1N2c1nc2ccccc2s1. The Morgan fingerprint density at radius 2 is 2.27 bits per heavy atom. The molecule has 0 amide bonds. The van der Waals surface area contributed by atoms with Crippen molar-refractivity contribution in [2.75, 3.05) is 12.0 Å². The maximum absolute atomic E-state index is 12.9. The lowest BCUT2D eigenvalue weighted by Crippen LogP contribution is -2.46. The van der Waals surface area contributed by atoms with Gasteiger partial charge in [0.25, 0.3) is 0 Å². The standard InChI is InChI=1S/C19H19N3O2S2/c1-24-17(23)19(8-12-10-25-11-20-12)9-13-6-7-16(19)22(13)18-21-14-4-2-3-5-15(14)26-18/h2-5,10-11,13,16H,6-9H2,1H3/t13-,16+,19+/m1/s1. The van der Waals surface area contributed by atoms with Crippen LogP contribution in [0.5, 0.6) is 0 Å². The Morgan fingerprint density at radius 1 is 1.38 bits per heavy atom. The molecule has 2 aliphatic heterocycles. The third-order valence-corrected chi connectivity index (χ3v) is 7.50. The number of methoxy groups -OCH3 is 1. The molecule has 4 heterocycles. The van der Waals surface area contributed by atoms with Crippen LogP contribution in [0, 0.1) is 5.41 Å². The highest BCUT2D eigenvalue weighted by molar-refractivity contribution is 7.22. The Morgan fingerprint density at radius 3 is 3.04 bits per heavy atom. The average molecular weight is 386 g/mol. The number of esters is 1. The molecule has 2 bridgehead atoms. The monoisotopic (exact) mass is 385 g/mol. The van der Waals surface area contributed by atoms with Crippen molar-refractivity contribution in [3.63, 3.8) is 0 Å². The van der Waals surface area contributed by atoms with E-state index in [1.807, 2.05) is 23.0 Å². The summed E-state index contributed by atoms with van der Waals surface area (Å²) < 4.78 is 6.47. The minimum absolute atomic E-state index is 0.108. The quantitative estimate of drug-likeness (QED) is 0.638. The Hall–Kier alpha value is -1.99. The number of rotatable bonds is 4. The summed E-state index contributed by atoms with van der Waals surface area (Å²) >= 11 is 3.29. The van der Waals surface area contributed by atoms with Crippen LogP contribution in [0.2, 0.25) is 0 Å². The summed E-state index contributed by atoms with van der Waals surface area (Å²) in [4.78, 5) is 24.6. The van der Waals surface area contributed by atoms with Crippen LogP contribution in [0.25, 0.3) is 10.2 Å². The molecule has 2 aromatic heterocycles. The Balaban J connectivity index is 1.56. The van der Waals surface area contributed by atoms with Crippen LogP contribution >= 0.6 is 22.7 Å². The van der Waals surface area contributed by atoms with Gasteiger partial charge in [0.15, 0.2) is 5.13 Å². The number of hydrogen-bond donors (Lipinski definition) is 0. The number of anilines is 1. The predicted molar refractivity (Wildman–Crippen MR) is 104 cm³/mol. The first-order valence-corrected chi connectivity index (χ1v) is 10.6. The molecule has 1 aromatic carbocycles. The molecule has 5 rings (SSSR count). The van der Waals surface area contributed by atoms with Gasteiger partial charge in [-0.1, -0.05) is 23.5 Å². The van der Waals surface area contributed by atoms with Gasteiger partial charge in [-0.2, -0.15) is 0 Å². The number of para-hydroxylation sites is 1. The number of carbonyl (C=O) groups is 1. The molecule has 0 aliphatic carbocycles. The van der Waals surface area contributed by atoms with E-state index in [4.69, 9.17) is 9.72 Å².